The zero-order valence-corrected chi connectivity index (χ0v) is 14.2. The number of carbonyl (C=O) groups excluding carboxylic acids is 1. The van der Waals surface area contributed by atoms with E-state index in [-0.39, 0.29) is 6.09 Å². The molecule has 0 radical (unpaired) electrons. The summed E-state index contributed by atoms with van der Waals surface area (Å²) in [6.45, 7) is 9.35. The van der Waals surface area contributed by atoms with Gasteiger partial charge < -0.3 is 15.0 Å². The van der Waals surface area contributed by atoms with Crippen LogP contribution >= 0.6 is 0 Å². The predicted octanol–water partition coefficient (Wildman–Crippen LogP) is 4.06. The number of para-hydroxylation sites is 1. The average molecular weight is 304 g/mol. The first-order valence-corrected chi connectivity index (χ1v) is 8.21. The van der Waals surface area contributed by atoms with Gasteiger partial charge in [-0.1, -0.05) is 31.5 Å². The van der Waals surface area contributed by atoms with E-state index in [1.54, 1.807) is 4.90 Å². The van der Waals surface area contributed by atoms with Crippen LogP contribution in [0.5, 0.6) is 0 Å². The fourth-order valence-corrected chi connectivity index (χ4v) is 2.74. The minimum Gasteiger partial charge on any atom is -0.444 e. The second kappa shape index (κ2) is 7.03. The van der Waals surface area contributed by atoms with E-state index in [9.17, 15) is 4.79 Å². The summed E-state index contributed by atoms with van der Waals surface area (Å²) in [5.74, 6) is 0. The Morgan fingerprint density at radius 1 is 1.36 bits per heavy atom. The maximum atomic E-state index is 12.1. The van der Waals surface area contributed by atoms with E-state index in [0.29, 0.717) is 12.6 Å². The van der Waals surface area contributed by atoms with Gasteiger partial charge in [-0.2, -0.15) is 0 Å². The quantitative estimate of drug-likeness (QED) is 0.912. The second-order valence-electron chi connectivity index (χ2n) is 6.96. The van der Waals surface area contributed by atoms with Crippen LogP contribution in [0, 0.1) is 0 Å². The molecule has 1 aromatic carbocycles. The van der Waals surface area contributed by atoms with Crippen molar-refractivity contribution >= 4 is 11.8 Å². The van der Waals surface area contributed by atoms with Crippen molar-refractivity contribution in [2.45, 2.75) is 58.6 Å². The van der Waals surface area contributed by atoms with E-state index in [1.807, 2.05) is 20.8 Å². The third-order valence-corrected chi connectivity index (χ3v) is 3.74. The Balaban J connectivity index is 1.93. The standard InChI is InChI=1S/C18H28N2O2/c1-5-8-14-9-6-7-10-16(14)19-15-11-12-20(13-15)17(21)22-18(2,3)4/h6-7,9-10,15,19H,5,8,11-13H2,1-4H3. The highest BCUT2D eigenvalue weighted by Crippen LogP contribution is 2.22. The van der Waals surface area contributed by atoms with Crippen molar-refractivity contribution in [3.8, 4) is 0 Å². The lowest BCUT2D eigenvalue weighted by atomic mass is 10.1. The summed E-state index contributed by atoms with van der Waals surface area (Å²) in [5.41, 5.74) is 2.11. The average Bonchev–Trinajstić information content (AvgIpc) is 2.88. The molecular formula is C18H28N2O2. The first kappa shape index (κ1) is 16.7. The lowest BCUT2D eigenvalue weighted by molar-refractivity contribution is 0.0293. The molecule has 1 saturated heterocycles. The number of aryl methyl sites for hydroxylation is 1. The molecule has 0 aliphatic carbocycles. The lowest BCUT2D eigenvalue weighted by Gasteiger charge is -2.24. The van der Waals surface area contributed by atoms with Crippen LogP contribution in [0.2, 0.25) is 0 Å². The summed E-state index contributed by atoms with van der Waals surface area (Å²) < 4.78 is 5.44. The van der Waals surface area contributed by atoms with Crippen molar-refractivity contribution in [3.05, 3.63) is 29.8 Å². The molecule has 4 nitrogen and oxygen atoms in total. The van der Waals surface area contributed by atoms with E-state index in [0.717, 1.165) is 25.8 Å². The van der Waals surface area contributed by atoms with Crippen LogP contribution < -0.4 is 5.32 Å². The van der Waals surface area contributed by atoms with E-state index in [2.05, 4.69) is 36.5 Å². The van der Waals surface area contributed by atoms with E-state index in [4.69, 9.17) is 4.74 Å². The second-order valence-corrected chi connectivity index (χ2v) is 6.96. The molecule has 1 N–H and O–H groups in total. The highest BCUT2D eigenvalue weighted by atomic mass is 16.6. The van der Waals surface area contributed by atoms with Gasteiger partial charge in [0.2, 0.25) is 0 Å². The Bertz CT molecular complexity index is 508. The minimum absolute atomic E-state index is 0.210. The molecule has 2 rings (SSSR count). The molecule has 1 aromatic rings. The summed E-state index contributed by atoms with van der Waals surface area (Å²) >= 11 is 0. The van der Waals surface area contributed by atoms with Gasteiger partial charge in [-0.15, -0.1) is 0 Å². The summed E-state index contributed by atoms with van der Waals surface area (Å²) in [6, 6.07) is 8.73. The van der Waals surface area contributed by atoms with Crippen LogP contribution in [-0.4, -0.2) is 35.7 Å². The van der Waals surface area contributed by atoms with Crippen LogP contribution in [0.25, 0.3) is 0 Å². The highest BCUT2D eigenvalue weighted by Gasteiger charge is 2.29. The molecule has 1 heterocycles. The molecule has 1 atom stereocenters. The molecule has 4 heteroatoms. The topological polar surface area (TPSA) is 41.6 Å². The predicted molar refractivity (Wildman–Crippen MR) is 90.3 cm³/mol. The number of hydrogen-bond acceptors (Lipinski definition) is 3. The fraction of sp³-hybridized carbons (Fsp3) is 0.611. The molecular weight excluding hydrogens is 276 g/mol. The smallest absolute Gasteiger partial charge is 0.410 e. The van der Waals surface area contributed by atoms with Crippen molar-refractivity contribution < 1.29 is 9.53 Å². The largest absolute Gasteiger partial charge is 0.444 e. The number of hydrogen-bond donors (Lipinski definition) is 1. The van der Waals surface area contributed by atoms with Gasteiger partial charge >= 0.3 is 6.09 Å². The molecule has 1 fully saturated rings. The van der Waals surface area contributed by atoms with Crippen molar-refractivity contribution in [1.82, 2.24) is 4.90 Å². The summed E-state index contributed by atoms with van der Waals surface area (Å²) in [4.78, 5) is 13.9. The molecule has 122 valence electrons. The van der Waals surface area contributed by atoms with Crippen molar-refractivity contribution in [2.75, 3.05) is 18.4 Å². The lowest BCUT2D eigenvalue weighted by Crippen LogP contribution is -2.36. The van der Waals surface area contributed by atoms with Crippen LogP contribution in [-0.2, 0) is 11.2 Å². The van der Waals surface area contributed by atoms with Crippen molar-refractivity contribution in [2.24, 2.45) is 0 Å². The Kier molecular flexibility index (Phi) is 5.33. The number of nitrogens with zero attached hydrogens (tertiary/aromatic N) is 1. The number of likely N-dealkylation sites (tertiary alicyclic amines) is 1. The van der Waals surface area contributed by atoms with Crippen LogP contribution in [0.1, 0.15) is 46.1 Å². The minimum atomic E-state index is -0.434. The first-order valence-electron chi connectivity index (χ1n) is 8.21. The Labute approximate surface area is 133 Å². The van der Waals surface area contributed by atoms with Gasteiger partial charge in [-0.05, 0) is 45.2 Å². The molecule has 22 heavy (non-hydrogen) atoms. The molecule has 0 bridgehead atoms. The van der Waals surface area contributed by atoms with Gasteiger partial charge in [0.25, 0.3) is 0 Å². The van der Waals surface area contributed by atoms with E-state index >= 15 is 0 Å². The molecule has 1 aliphatic heterocycles. The number of amides is 1. The van der Waals surface area contributed by atoms with Gasteiger partial charge in [0.1, 0.15) is 5.60 Å². The summed E-state index contributed by atoms with van der Waals surface area (Å²) in [7, 11) is 0. The zero-order chi connectivity index (χ0) is 16.2. The maximum Gasteiger partial charge on any atom is 0.410 e. The molecule has 0 saturated carbocycles. The molecule has 0 spiro atoms. The third kappa shape index (κ3) is 4.65. The van der Waals surface area contributed by atoms with E-state index in [1.165, 1.54) is 11.3 Å². The van der Waals surface area contributed by atoms with Crippen molar-refractivity contribution in [1.29, 1.82) is 0 Å². The Morgan fingerprint density at radius 2 is 2.09 bits per heavy atom. The number of nitrogens with one attached hydrogen (secondary N) is 1. The normalized spacial score (nSPS) is 18.4. The van der Waals surface area contributed by atoms with Gasteiger partial charge in [0.05, 0.1) is 0 Å². The number of ether oxygens (including phenoxy) is 1. The SMILES string of the molecule is CCCc1ccccc1NC1CCN(C(=O)OC(C)(C)C)C1. The van der Waals surface area contributed by atoms with Crippen LogP contribution in [0.3, 0.4) is 0 Å². The molecule has 1 amide bonds. The Morgan fingerprint density at radius 3 is 2.77 bits per heavy atom. The maximum absolute atomic E-state index is 12.1. The van der Waals surface area contributed by atoms with Gasteiger partial charge in [-0.3, -0.25) is 0 Å². The molecule has 1 unspecified atom stereocenters. The number of anilines is 1. The van der Waals surface area contributed by atoms with Gasteiger partial charge in [-0.25, -0.2) is 4.79 Å². The molecule has 0 aromatic heterocycles. The van der Waals surface area contributed by atoms with Crippen molar-refractivity contribution in [3.63, 3.8) is 0 Å². The fourth-order valence-electron chi connectivity index (χ4n) is 2.74. The van der Waals surface area contributed by atoms with Gasteiger partial charge in [0, 0.05) is 24.8 Å². The van der Waals surface area contributed by atoms with Crippen LogP contribution in [0.4, 0.5) is 10.5 Å². The molecule has 1 aliphatic rings. The summed E-state index contributed by atoms with van der Waals surface area (Å²) in [5, 5.41) is 3.59. The monoisotopic (exact) mass is 304 g/mol. The number of rotatable bonds is 4. The highest BCUT2D eigenvalue weighted by molar-refractivity contribution is 5.68. The first-order chi connectivity index (χ1) is 10.4. The number of carbonyl (C=O) groups is 1. The van der Waals surface area contributed by atoms with E-state index < -0.39 is 5.60 Å². The van der Waals surface area contributed by atoms with Crippen LogP contribution in [0.15, 0.2) is 24.3 Å². The third-order valence-electron chi connectivity index (χ3n) is 3.74. The zero-order valence-electron chi connectivity index (χ0n) is 14.2. The van der Waals surface area contributed by atoms with Gasteiger partial charge in [0.15, 0.2) is 0 Å². The Hall–Kier alpha value is -1.71. The summed E-state index contributed by atoms with van der Waals surface area (Å²) in [6.07, 6.45) is 2.96. The number of benzene rings is 1.